The molecule has 0 bridgehead atoms. The average Bonchev–Trinajstić information content (AvgIpc) is 3.33. The van der Waals surface area contributed by atoms with E-state index in [9.17, 15) is 14.7 Å². The van der Waals surface area contributed by atoms with Gasteiger partial charge in [-0.3, -0.25) is 14.5 Å². The molecule has 0 saturated carbocycles. The third-order valence-electron chi connectivity index (χ3n) is 8.13. The lowest BCUT2D eigenvalue weighted by molar-refractivity contribution is -0.152. The summed E-state index contributed by atoms with van der Waals surface area (Å²) in [4.78, 5) is 31.8. The van der Waals surface area contributed by atoms with Crippen LogP contribution in [0.15, 0.2) is 36.4 Å². The van der Waals surface area contributed by atoms with Crippen LogP contribution >= 0.6 is 34.8 Å². The first-order valence-electron chi connectivity index (χ1n) is 13.3. The molecule has 2 atom stereocenters. The van der Waals surface area contributed by atoms with Crippen LogP contribution in [0.5, 0.6) is 0 Å². The van der Waals surface area contributed by atoms with E-state index in [1.54, 1.807) is 34.1 Å². The highest BCUT2D eigenvalue weighted by Gasteiger charge is 2.41. The minimum absolute atomic E-state index is 0.0332. The quantitative estimate of drug-likeness (QED) is 0.470. The van der Waals surface area contributed by atoms with Crippen LogP contribution in [0, 0.1) is 0 Å². The Labute approximate surface area is 244 Å². The Bertz CT molecular complexity index is 1240. The maximum absolute atomic E-state index is 13.2. The minimum atomic E-state index is -1.75. The summed E-state index contributed by atoms with van der Waals surface area (Å²) >= 11 is 18.8. The number of rotatable bonds is 6. The van der Waals surface area contributed by atoms with Crippen molar-refractivity contribution in [3.05, 3.63) is 62.6 Å². The second-order valence-corrected chi connectivity index (χ2v) is 12.3. The number of nitrogens with zero attached hydrogens (tertiary/aromatic N) is 3. The second-order valence-electron chi connectivity index (χ2n) is 11.0. The van der Waals surface area contributed by atoms with Gasteiger partial charge in [0.1, 0.15) is 0 Å². The minimum Gasteiger partial charge on any atom is -0.380 e. The van der Waals surface area contributed by atoms with Crippen LogP contribution in [0.2, 0.25) is 15.1 Å². The molecule has 2 aromatic rings. The number of aliphatic hydroxyl groups is 1. The van der Waals surface area contributed by atoms with Crippen LogP contribution in [0.3, 0.4) is 0 Å². The number of anilines is 1. The molecule has 2 aromatic carbocycles. The predicted molar refractivity (Wildman–Crippen MR) is 155 cm³/mol. The number of benzene rings is 2. The van der Waals surface area contributed by atoms with E-state index < -0.39 is 5.60 Å². The number of hydrogen-bond acceptors (Lipinski definition) is 6. The van der Waals surface area contributed by atoms with Gasteiger partial charge in [0, 0.05) is 72.6 Å². The summed E-state index contributed by atoms with van der Waals surface area (Å²) in [6.07, 6.45) is 2.48. The Morgan fingerprint density at radius 2 is 1.64 bits per heavy atom. The van der Waals surface area contributed by atoms with Crippen molar-refractivity contribution in [2.45, 2.75) is 49.9 Å². The van der Waals surface area contributed by atoms with Gasteiger partial charge in [-0.2, -0.15) is 0 Å². The van der Waals surface area contributed by atoms with E-state index in [0.29, 0.717) is 58.4 Å². The van der Waals surface area contributed by atoms with Gasteiger partial charge >= 0.3 is 0 Å². The Kier molecular flexibility index (Phi) is 8.34. The molecule has 0 spiro atoms. The number of amides is 2. The zero-order valence-electron chi connectivity index (χ0n) is 21.9. The number of carbonyl (C=O) groups is 2. The van der Waals surface area contributed by atoms with Gasteiger partial charge in [-0.05, 0) is 62.6 Å². The van der Waals surface area contributed by atoms with Crippen LogP contribution in [0.25, 0.3) is 0 Å². The molecule has 0 aromatic heterocycles. The Morgan fingerprint density at radius 1 is 0.949 bits per heavy atom. The zero-order chi connectivity index (χ0) is 27.9. The van der Waals surface area contributed by atoms with E-state index in [1.165, 1.54) is 6.92 Å². The van der Waals surface area contributed by atoms with Gasteiger partial charge in [-0.25, -0.2) is 0 Å². The van der Waals surface area contributed by atoms with E-state index in [2.05, 4.69) is 10.2 Å². The number of likely N-dealkylation sites (tertiary alicyclic amines) is 3. The molecule has 3 fully saturated rings. The third kappa shape index (κ3) is 6.01. The first kappa shape index (κ1) is 28.5. The molecule has 3 heterocycles. The van der Waals surface area contributed by atoms with Crippen LogP contribution in [0.4, 0.5) is 5.69 Å². The highest BCUT2D eigenvalue weighted by molar-refractivity contribution is 6.34. The Morgan fingerprint density at radius 3 is 2.28 bits per heavy atom. The topological polar surface area (TPSA) is 102 Å². The first-order chi connectivity index (χ1) is 18.5. The molecule has 3 saturated heterocycles. The number of hydrogen-bond donors (Lipinski definition) is 3. The maximum atomic E-state index is 13.2. The van der Waals surface area contributed by atoms with Crippen molar-refractivity contribution in [3.63, 3.8) is 0 Å². The van der Waals surface area contributed by atoms with E-state index in [1.807, 2.05) is 12.1 Å². The molecular weight excluding hydrogens is 561 g/mol. The van der Waals surface area contributed by atoms with Gasteiger partial charge in [0.15, 0.2) is 5.60 Å². The van der Waals surface area contributed by atoms with Gasteiger partial charge in [-0.15, -0.1) is 0 Å². The fourth-order valence-electron chi connectivity index (χ4n) is 5.79. The third-order valence-corrected chi connectivity index (χ3v) is 9.01. The molecule has 1 unspecified atom stereocenters. The maximum Gasteiger partial charge on any atom is 0.258 e. The lowest BCUT2D eigenvalue weighted by atomic mass is 9.92. The molecule has 0 radical (unpaired) electrons. The molecule has 0 aliphatic carbocycles. The lowest BCUT2D eigenvalue weighted by Gasteiger charge is -2.48. The van der Waals surface area contributed by atoms with Crippen molar-refractivity contribution in [2.24, 2.45) is 5.73 Å². The molecule has 3 aliphatic heterocycles. The number of carbonyl (C=O) groups excluding carboxylic acids is 2. The zero-order valence-corrected chi connectivity index (χ0v) is 24.1. The van der Waals surface area contributed by atoms with Crippen molar-refractivity contribution in [2.75, 3.05) is 44.6 Å². The fourth-order valence-corrected chi connectivity index (χ4v) is 6.52. The summed E-state index contributed by atoms with van der Waals surface area (Å²) in [5.41, 5.74) is 5.90. The van der Waals surface area contributed by atoms with Gasteiger partial charge in [0.25, 0.3) is 11.8 Å². The van der Waals surface area contributed by atoms with Gasteiger partial charge in [-0.1, -0.05) is 34.8 Å². The Balaban J connectivity index is 1.10. The van der Waals surface area contributed by atoms with Gasteiger partial charge in [0.05, 0.1) is 16.6 Å². The number of nitrogens with two attached hydrogens (primary N) is 1. The Hall–Kier alpha value is -2.07. The van der Waals surface area contributed by atoms with Crippen molar-refractivity contribution >= 4 is 52.3 Å². The normalized spacial score (nSPS) is 22.5. The second kappa shape index (κ2) is 11.4. The summed E-state index contributed by atoms with van der Waals surface area (Å²) < 4.78 is 0. The molecule has 3 aliphatic rings. The van der Waals surface area contributed by atoms with Gasteiger partial charge < -0.3 is 26.0 Å². The van der Waals surface area contributed by atoms with Crippen LogP contribution < -0.4 is 11.1 Å². The summed E-state index contributed by atoms with van der Waals surface area (Å²) in [5.74, 6) is -0.434. The molecule has 2 amide bonds. The number of piperidine rings is 1. The molecule has 5 rings (SSSR count). The molecular formula is C28H34Cl3N5O3. The molecule has 210 valence electrons. The highest BCUT2D eigenvalue weighted by Crippen LogP contribution is 2.34. The first-order valence-corrected chi connectivity index (χ1v) is 14.5. The number of nitrogens with one attached hydrogen (secondary N) is 1. The van der Waals surface area contributed by atoms with Crippen molar-refractivity contribution in [1.82, 2.24) is 14.7 Å². The average molecular weight is 595 g/mol. The molecule has 39 heavy (non-hydrogen) atoms. The molecule has 8 nitrogen and oxygen atoms in total. The van der Waals surface area contributed by atoms with Crippen LogP contribution in [-0.2, 0) is 10.4 Å². The predicted octanol–water partition coefficient (Wildman–Crippen LogP) is 3.81. The summed E-state index contributed by atoms with van der Waals surface area (Å²) in [7, 11) is 0. The smallest absolute Gasteiger partial charge is 0.258 e. The summed E-state index contributed by atoms with van der Waals surface area (Å²) in [5, 5.41) is 15.7. The molecule has 11 heteroatoms. The van der Waals surface area contributed by atoms with Gasteiger partial charge in [0.2, 0.25) is 0 Å². The largest absolute Gasteiger partial charge is 0.380 e. The van der Waals surface area contributed by atoms with Crippen molar-refractivity contribution < 1.29 is 14.7 Å². The van der Waals surface area contributed by atoms with E-state index >= 15 is 0 Å². The van der Waals surface area contributed by atoms with E-state index in [4.69, 9.17) is 40.5 Å². The SMILES string of the molecule is C[C@@](O)(C(=O)N1CCC(N2CC(Nc3ccc(C(=O)N4CCC(N)C4)c(Cl)c3)C2)CC1)c1cc(Cl)ccc1Cl. The van der Waals surface area contributed by atoms with Crippen molar-refractivity contribution in [3.8, 4) is 0 Å². The van der Waals surface area contributed by atoms with Crippen LogP contribution in [-0.4, -0.2) is 89.0 Å². The highest BCUT2D eigenvalue weighted by atomic mass is 35.5. The summed E-state index contributed by atoms with van der Waals surface area (Å²) in [6.45, 7) is 5.61. The van der Waals surface area contributed by atoms with E-state index in [-0.39, 0.29) is 23.9 Å². The monoisotopic (exact) mass is 593 g/mol. The standard InChI is InChI=1S/C28H34Cl3N5O3/c1-28(39,23-12-17(29)2-5-24(23)30)27(38)34-10-7-21(8-11-34)36-15-20(16-36)33-19-3-4-22(25(31)13-19)26(37)35-9-6-18(32)14-35/h2-5,12-13,18,20-21,33,39H,6-11,14-16,32H2,1H3/t18?,28-/m0/s1. The lowest BCUT2D eigenvalue weighted by Crippen LogP contribution is -2.61. The van der Waals surface area contributed by atoms with Crippen LogP contribution in [0.1, 0.15) is 42.1 Å². The van der Waals surface area contributed by atoms with E-state index in [0.717, 1.165) is 38.0 Å². The summed E-state index contributed by atoms with van der Waals surface area (Å²) in [6, 6.07) is 11.0. The fraction of sp³-hybridized carbons (Fsp3) is 0.500. The molecule has 4 N–H and O–H groups in total. The number of halogens is 3. The van der Waals surface area contributed by atoms with Crippen molar-refractivity contribution in [1.29, 1.82) is 0 Å².